The lowest BCUT2D eigenvalue weighted by atomic mass is 9.84. The Morgan fingerprint density at radius 2 is 1.89 bits per heavy atom. The smallest absolute Gasteiger partial charge is 0.0574 e. The van der Waals surface area contributed by atoms with Gasteiger partial charge in [-0.1, -0.05) is 32.0 Å². The number of nitrogens with zero attached hydrogens (tertiary/aromatic N) is 3. The predicted octanol–water partition coefficient (Wildman–Crippen LogP) is 2.23. The summed E-state index contributed by atoms with van der Waals surface area (Å²) in [5, 5.41) is 4.98. The number of para-hydroxylation sites is 1. The minimum absolute atomic E-state index is 0.150. The molecule has 0 N–H and O–H groups in total. The first-order valence-electron chi connectivity index (χ1n) is 6.27. The van der Waals surface area contributed by atoms with Gasteiger partial charge < -0.3 is 9.79 Å². The van der Waals surface area contributed by atoms with Gasteiger partial charge in [0.15, 0.2) is 0 Å². The topological polar surface area (TPSA) is 41.9 Å². The Morgan fingerprint density at radius 3 is 2.47 bits per heavy atom. The van der Waals surface area contributed by atoms with Crippen molar-refractivity contribution in [3.05, 3.63) is 40.8 Å². The molecule has 5 heteroatoms. The minimum Gasteiger partial charge on any atom is -0.808 e. The van der Waals surface area contributed by atoms with E-state index >= 15 is 0 Å². The number of hydrogen-bond acceptors (Lipinski definition) is 4. The third-order valence-electron chi connectivity index (χ3n) is 3.92. The van der Waals surface area contributed by atoms with Gasteiger partial charge in [-0.15, -0.1) is 0 Å². The average Bonchev–Trinajstić information content (AvgIpc) is 2.79. The largest absolute Gasteiger partial charge is 0.808 e. The van der Waals surface area contributed by atoms with Crippen LogP contribution in [0.1, 0.15) is 19.4 Å². The Morgan fingerprint density at radius 1 is 1.21 bits per heavy atom. The number of hydrazone groups is 1. The van der Waals surface area contributed by atoms with E-state index in [-0.39, 0.29) is 5.41 Å². The second-order valence-electron chi connectivity index (χ2n) is 5.44. The third-order valence-corrected chi connectivity index (χ3v) is 5.29. The molecule has 2 heterocycles. The molecule has 3 rings (SSSR count). The van der Waals surface area contributed by atoms with Crippen molar-refractivity contribution < 1.29 is 4.89 Å². The molecule has 1 atom stereocenters. The van der Waals surface area contributed by atoms with E-state index in [4.69, 9.17) is 0 Å². The number of likely N-dealkylation sites (N-methyl/N-ethyl adjacent to an activating group) is 1. The summed E-state index contributed by atoms with van der Waals surface area (Å²) in [5.74, 6) is 0. The second kappa shape index (κ2) is 4.06. The van der Waals surface area contributed by atoms with Gasteiger partial charge in [0.1, 0.15) is 0 Å². The second-order valence-corrected chi connectivity index (χ2v) is 7.05. The molecule has 19 heavy (non-hydrogen) atoms. The van der Waals surface area contributed by atoms with Crippen LogP contribution in [0.4, 0.5) is 5.69 Å². The van der Waals surface area contributed by atoms with Gasteiger partial charge >= 0.3 is 0 Å². The van der Waals surface area contributed by atoms with Crippen molar-refractivity contribution in [1.82, 2.24) is 4.78 Å². The normalized spacial score (nSPS) is 28.2. The van der Waals surface area contributed by atoms with Gasteiger partial charge in [-0.05, 0) is 19.9 Å². The molecule has 0 fully saturated rings. The molecule has 1 aromatic rings. The fourth-order valence-electron chi connectivity index (χ4n) is 3.00. The quantitative estimate of drug-likeness (QED) is 0.681. The van der Waals surface area contributed by atoms with Crippen molar-refractivity contribution in [2.45, 2.75) is 19.3 Å². The van der Waals surface area contributed by atoms with E-state index in [1.165, 1.54) is 16.0 Å². The van der Waals surface area contributed by atoms with Crippen LogP contribution < -0.4 is 9.79 Å². The first kappa shape index (κ1) is 12.6. The highest BCUT2D eigenvalue weighted by Gasteiger charge is 2.41. The molecule has 1 unspecified atom stereocenters. The highest BCUT2D eigenvalue weighted by molar-refractivity contribution is 7.54. The van der Waals surface area contributed by atoms with Crippen LogP contribution in [0, 0.1) is 0 Å². The number of allylic oxidation sites excluding steroid dienone is 2. The fourth-order valence-corrected chi connectivity index (χ4v) is 4.21. The Bertz CT molecular complexity index is 594. The van der Waals surface area contributed by atoms with Gasteiger partial charge in [-0.3, -0.25) is 4.78 Å². The van der Waals surface area contributed by atoms with Gasteiger partial charge in [-0.25, -0.2) is 0 Å². The maximum Gasteiger partial charge on any atom is 0.0574 e. The number of anilines is 1. The Kier molecular flexibility index (Phi) is 2.70. The van der Waals surface area contributed by atoms with E-state index in [1.807, 2.05) is 13.1 Å². The summed E-state index contributed by atoms with van der Waals surface area (Å²) in [5.41, 5.74) is 3.39. The minimum atomic E-state index is -1.59. The van der Waals surface area contributed by atoms with E-state index in [1.54, 1.807) is 13.3 Å². The summed E-state index contributed by atoms with van der Waals surface area (Å²) in [6.45, 7) is 4.35. The van der Waals surface area contributed by atoms with Crippen molar-refractivity contribution in [3.63, 3.8) is 0 Å². The van der Waals surface area contributed by atoms with Crippen LogP contribution in [-0.2, 0) is 5.41 Å². The number of hydrogen-bond donors (Lipinski definition) is 0. The molecule has 100 valence electrons. The van der Waals surface area contributed by atoms with Gasteiger partial charge in [0.2, 0.25) is 0 Å². The molecule has 0 spiro atoms. The van der Waals surface area contributed by atoms with Crippen molar-refractivity contribution >= 4 is 20.2 Å². The van der Waals surface area contributed by atoms with Crippen LogP contribution in [0.15, 0.2) is 40.4 Å². The first-order valence-corrected chi connectivity index (χ1v) is 7.48. The van der Waals surface area contributed by atoms with E-state index in [0.29, 0.717) is 0 Å². The van der Waals surface area contributed by atoms with Crippen molar-refractivity contribution in [3.8, 4) is 0 Å². The molecule has 0 saturated heterocycles. The van der Waals surface area contributed by atoms with Gasteiger partial charge in [-0.2, -0.15) is 5.10 Å². The summed E-state index contributed by atoms with van der Waals surface area (Å²) in [4.78, 5) is 14.5. The summed E-state index contributed by atoms with van der Waals surface area (Å²) >= 11 is 0. The van der Waals surface area contributed by atoms with E-state index in [2.05, 4.69) is 42.0 Å². The van der Waals surface area contributed by atoms with Crippen LogP contribution in [0.3, 0.4) is 0 Å². The maximum absolute atomic E-state index is 12.3. The molecule has 4 nitrogen and oxygen atoms in total. The molecular weight excluding hydrogens is 257 g/mol. The Labute approximate surface area is 114 Å². The van der Waals surface area contributed by atoms with E-state index in [0.717, 1.165) is 11.0 Å². The molecule has 0 aromatic heterocycles. The van der Waals surface area contributed by atoms with Crippen LogP contribution >= 0.6 is 8.30 Å². The molecule has 0 saturated carbocycles. The van der Waals surface area contributed by atoms with Crippen LogP contribution in [0.5, 0.6) is 0 Å². The molecular formula is C14H17N3OP-. The van der Waals surface area contributed by atoms with E-state index in [9.17, 15) is 4.89 Å². The fraction of sp³-hybridized carbons (Fsp3) is 0.357. The lowest BCUT2D eigenvalue weighted by Crippen LogP contribution is -2.26. The molecule has 0 amide bonds. The van der Waals surface area contributed by atoms with Crippen molar-refractivity contribution in [2.75, 3.05) is 19.0 Å². The highest BCUT2D eigenvalue weighted by atomic mass is 31.2. The third kappa shape index (κ3) is 1.63. The highest BCUT2D eigenvalue weighted by Crippen LogP contribution is 2.54. The van der Waals surface area contributed by atoms with Crippen molar-refractivity contribution in [1.29, 1.82) is 0 Å². The van der Waals surface area contributed by atoms with Crippen LogP contribution in [-0.4, -0.2) is 25.1 Å². The molecule has 0 bridgehead atoms. The molecule has 2 aliphatic heterocycles. The standard InChI is InChI=1S/C14H17N3OP/c1-14(2)10-7-5-6-8-11(10)16(3)13(14)12-9-15-17(4)19(12)18/h5-9H,1-4H3/q-1/b13-12+. The number of fused-ring (bicyclic) bond motifs is 1. The van der Waals surface area contributed by atoms with Crippen molar-refractivity contribution in [2.24, 2.45) is 5.10 Å². The van der Waals surface area contributed by atoms with Crippen LogP contribution in [0.25, 0.3) is 0 Å². The van der Waals surface area contributed by atoms with Gasteiger partial charge in [0.25, 0.3) is 0 Å². The lowest BCUT2D eigenvalue weighted by Gasteiger charge is -2.32. The predicted molar refractivity (Wildman–Crippen MR) is 78.1 cm³/mol. The molecule has 0 aliphatic carbocycles. The maximum atomic E-state index is 12.3. The first-order chi connectivity index (χ1) is 8.94. The summed E-state index contributed by atoms with van der Waals surface area (Å²) in [6.07, 6.45) is 1.73. The Hall–Kier alpha value is -1.38. The average molecular weight is 274 g/mol. The van der Waals surface area contributed by atoms with Crippen LogP contribution in [0.2, 0.25) is 0 Å². The Balaban J connectivity index is 2.21. The zero-order chi connectivity index (χ0) is 13.8. The van der Waals surface area contributed by atoms with Gasteiger partial charge in [0, 0.05) is 36.2 Å². The zero-order valence-corrected chi connectivity index (χ0v) is 12.5. The summed E-state index contributed by atoms with van der Waals surface area (Å²) < 4.78 is 1.53. The lowest BCUT2D eigenvalue weighted by molar-refractivity contribution is -0.166. The van der Waals surface area contributed by atoms with E-state index < -0.39 is 8.30 Å². The SMILES string of the molecule is CN1/C(=C2\C=NN(C)P2[O-])C(C)(C)c2ccccc21. The number of benzene rings is 1. The summed E-state index contributed by atoms with van der Waals surface area (Å²) in [7, 11) is 2.19. The summed E-state index contributed by atoms with van der Waals surface area (Å²) in [6, 6.07) is 8.33. The molecule has 2 aliphatic rings. The molecule has 1 aromatic carbocycles. The van der Waals surface area contributed by atoms with Gasteiger partial charge in [0.05, 0.1) is 6.21 Å². The monoisotopic (exact) mass is 274 g/mol. The number of rotatable bonds is 0. The molecule has 0 radical (unpaired) electrons. The zero-order valence-electron chi connectivity index (χ0n) is 11.6.